The molecule has 4 aromatic rings. The van der Waals surface area contributed by atoms with Gasteiger partial charge in [-0.2, -0.15) is 5.26 Å². The van der Waals surface area contributed by atoms with E-state index in [1.165, 1.54) is 0 Å². The maximum Gasteiger partial charge on any atom is 0.197 e. The van der Waals surface area contributed by atoms with Gasteiger partial charge in [0.25, 0.3) is 0 Å². The molecule has 1 aromatic heterocycles. The largest absolute Gasteiger partial charge is 0.497 e. The van der Waals surface area contributed by atoms with Crippen molar-refractivity contribution in [3.63, 3.8) is 0 Å². The Morgan fingerprint density at radius 3 is 2.17 bits per heavy atom. The monoisotopic (exact) mass is 383 g/mol. The Morgan fingerprint density at radius 1 is 0.897 bits per heavy atom. The van der Waals surface area contributed by atoms with Crippen LogP contribution < -0.4 is 9.47 Å². The molecule has 0 unspecified atom stereocenters. The molecule has 0 N–H and O–H groups in total. The molecule has 0 spiro atoms. The first-order valence-corrected chi connectivity index (χ1v) is 8.94. The van der Waals surface area contributed by atoms with E-state index in [1.54, 1.807) is 50.6 Å². The molecule has 142 valence electrons. The van der Waals surface area contributed by atoms with Gasteiger partial charge in [-0.15, -0.1) is 0 Å². The Balaban J connectivity index is 1.91. The number of nitriles is 1. The normalized spacial score (nSPS) is 10.5. The van der Waals surface area contributed by atoms with Gasteiger partial charge in [0.2, 0.25) is 0 Å². The minimum atomic E-state index is -0.177. The Labute approximate surface area is 167 Å². The van der Waals surface area contributed by atoms with Crippen LogP contribution >= 0.6 is 0 Å². The summed E-state index contributed by atoms with van der Waals surface area (Å²) in [5.41, 5.74) is 2.78. The number of furan rings is 1. The molecule has 0 radical (unpaired) electrons. The van der Waals surface area contributed by atoms with Crippen LogP contribution in [0, 0.1) is 11.3 Å². The van der Waals surface area contributed by atoms with Crippen molar-refractivity contribution in [3.05, 3.63) is 83.4 Å². The number of hydrogen-bond acceptors (Lipinski definition) is 5. The molecule has 1 heterocycles. The second-order valence-corrected chi connectivity index (χ2v) is 6.42. The predicted molar refractivity (Wildman–Crippen MR) is 109 cm³/mol. The molecule has 0 fully saturated rings. The third kappa shape index (κ3) is 3.32. The van der Waals surface area contributed by atoms with Gasteiger partial charge in [0.05, 0.1) is 31.4 Å². The summed E-state index contributed by atoms with van der Waals surface area (Å²) < 4.78 is 16.6. The first kappa shape index (κ1) is 18.3. The lowest BCUT2D eigenvalue weighted by Crippen LogP contribution is -2.02. The van der Waals surface area contributed by atoms with Crippen molar-refractivity contribution < 1.29 is 18.7 Å². The third-order valence-electron chi connectivity index (χ3n) is 4.75. The maximum absolute atomic E-state index is 13.4. The van der Waals surface area contributed by atoms with Crippen LogP contribution in [-0.4, -0.2) is 20.0 Å². The summed E-state index contributed by atoms with van der Waals surface area (Å²) in [6.45, 7) is 0. The highest BCUT2D eigenvalue weighted by Gasteiger charge is 2.23. The number of benzene rings is 3. The summed E-state index contributed by atoms with van der Waals surface area (Å²) in [5, 5.41) is 9.71. The Kier molecular flexibility index (Phi) is 4.76. The Hall–Kier alpha value is -4.04. The number of methoxy groups -OCH3 is 2. The first-order valence-electron chi connectivity index (χ1n) is 8.94. The number of fused-ring (bicyclic) bond motifs is 1. The van der Waals surface area contributed by atoms with E-state index in [-0.39, 0.29) is 5.78 Å². The second kappa shape index (κ2) is 7.53. The first-order chi connectivity index (χ1) is 14.1. The minimum absolute atomic E-state index is 0.177. The van der Waals surface area contributed by atoms with Crippen molar-refractivity contribution in [2.24, 2.45) is 0 Å². The third-order valence-corrected chi connectivity index (χ3v) is 4.75. The number of hydrogen-bond donors (Lipinski definition) is 0. The topological polar surface area (TPSA) is 72.5 Å². The van der Waals surface area contributed by atoms with E-state index in [2.05, 4.69) is 6.07 Å². The second-order valence-electron chi connectivity index (χ2n) is 6.42. The highest BCUT2D eigenvalue weighted by molar-refractivity contribution is 6.19. The smallest absolute Gasteiger partial charge is 0.197 e. The van der Waals surface area contributed by atoms with E-state index in [1.807, 2.05) is 30.3 Å². The zero-order chi connectivity index (χ0) is 20.4. The number of ketones is 1. The number of carbonyl (C=O) groups is 1. The highest BCUT2D eigenvalue weighted by Crippen LogP contribution is 2.37. The number of carbonyl (C=O) groups excluding carboxylic acids is 1. The van der Waals surface area contributed by atoms with Crippen molar-refractivity contribution in [2.75, 3.05) is 14.2 Å². The van der Waals surface area contributed by atoms with Crippen LogP contribution in [0.4, 0.5) is 0 Å². The zero-order valence-corrected chi connectivity index (χ0v) is 15.9. The van der Waals surface area contributed by atoms with Gasteiger partial charge in [-0.25, -0.2) is 0 Å². The fourth-order valence-corrected chi connectivity index (χ4v) is 3.22. The molecule has 0 aliphatic rings. The fraction of sp³-hybridized carbons (Fsp3) is 0.0833. The summed E-state index contributed by atoms with van der Waals surface area (Å²) >= 11 is 0. The Bertz CT molecular complexity index is 1230. The van der Waals surface area contributed by atoms with E-state index in [4.69, 9.17) is 19.2 Å². The Morgan fingerprint density at radius 2 is 1.55 bits per heavy atom. The lowest BCUT2D eigenvalue weighted by atomic mass is 9.97. The van der Waals surface area contributed by atoms with Crippen LogP contribution in [0.3, 0.4) is 0 Å². The molecule has 4 rings (SSSR count). The summed E-state index contributed by atoms with van der Waals surface area (Å²) in [6.07, 6.45) is 0. The molecule has 0 bridgehead atoms. The predicted octanol–water partition coefficient (Wildman–Crippen LogP) is 5.22. The fourth-order valence-electron chi connectivity index (χ4n) is 3.22. The van der Waals surface area contributed by atoms with E-state index in [9.17, 15) is 4.79 Å². The van der Waals surface area contributed by atoms with Crippen LogP contribution in [0.15, 0.2) is 71.1 Å². The van der Waals surface area contributed by atoms with Crippen LogP contribution in [0.25, 0.3) is 22.3 Å². The number of rotatable bonds is 5. The molecule has 0 amide bonds. The average Bonchev–Trinajstić information content (AvgIpc) is 3.17. The number of ether oxygens (including phenoxy) is 2. The summed E-state index contributed by atoms with van der Waals surface area (Å²) in [6, 6.07) is 21.3. The maximum atomic E-state index is 13.4. The summed E-state index contributed by atoms with van der Waals surface area (Å²) in [7, 11) is 3.18. The molecule has 3 aromatic carbocycles. The molecule has 5 heteroatoms. The standard InChI is InChI=1S/C24H17NO4/c1-27-18-9-7-17(8-10-18)24-22(20-12-11-19(28-2)13-21(20)29-24)23(26)16-5-3-15(14-25)4-6-16/h3-13H,1-2H3. The van der Waals surface area contributed by atoms with Crippen LogP contribution in [0.5, 0.6) is 11.5 Å². The quantitative estimate of drug-likeness (QED) is 0.442. The summed E-state index contributed by atoms with van der Waals surface area (Å²) in [5.74, 6) is 1.66. The van der Waals surface area contributed by atoms with E-state index < -0.39 is 0 Å². The SMILES string of the molecule is COc1ccc(-c2oc3cc(OC)ccc3c2C(=O)c2ccc(C#N)cc2)cc1. The lowest BCUT2D eigenvalue weighted by molar-refractivity contribution is 0.104. The van der Waals surface area contributed by atoms with Crippen LogP contribution in [0.2, 0.25) is 0 Å². The van der Waals surface area contributed by atoms with Crippen molar-refractivity contribution in [2.45, 2.75) is 0 Å². The van der Waals surface area contributed by atoms with E-state index in [0.29, 0.717) is 44.9 Å². The van der Waals surface area contributed by atoms with Gasteiger partial charge in [-0.1, -0.05) is 0 Å². The lowest BCUT2D eigenvalue weighted by Gasteiger charge is -2.05. The molecule has 0 saturated heterocycles. The molecule has 0 aliphatic carbocycles. The van der Waals surface area contributed by atoms with E-state index >= 15 is 0 Å². The molecule has 29 heavy (non-hydrogen) atoms. The molecule has 5 nitrogen and oxygen atoms in total. The van der Waals surface area contributed by atoms with Gasteiger partial charge in [0.15, 0.2) is 5.78 Å². The summed E-state index contributed by atoms with van der Waals surface area (Å²) in [4.78, 5) is 13.4. The van der Waals surface area contributed by atoms with Crippen molar-refractivity contribution in [1.82, 2.24) is 0 Å². The highest BCUT2D eigenvalue weighted by atomic mass is 16.5. The van der Waals surface area contributed by atoms with Crippen molar-refractivity contribution in [3.8, 4) is 28.9 Å². The van der Waals surface area contributed by atoms with Crippen molar-refractivity contribution >= 4 is 16.8 Å². The van der Waals surface area contributed by atoms with Gasteiger partial charge >= 0.3 is 0 Å². The van der Waals surface area contributed by atoms with Gasteiger partial charge < -0.3 is 13.9 Å². The number of nitrogens with zero attached hydrogens (tertiary/aromatic N) is 1. The van der Waals surface area contributed by atoms with Gasteiger partial charge in [-0.05, 0) is 60.7 Å². The van der Waals surface area contributed by atoms with Gasteiger partial charge in [0, 0.05) is 22.6 Å². The van der Waals surface area contributed by atoms with Crippen molar-refractivity contribution in [1.29, 1.82) is 5.26 Å². The van der Waals surface area contributed by atoms with Crippen LogP contribution in [0.1, 0.15) is 21.5 Å². The average molecular weight is 383 g/mol. The van der Waals surface area contributed by atoms with Gasteiger partial charge in [-0.3, -0.25) is 4.79 Å². The molecule has 0 atom stereocenters. The molecule has 0 saturated carbocycles. The molecular formula is C24H17NO4. The van der Waals surface area contributed by atoms with Crippen LogP contribution in [-0.2, 0) is 0 Å². The minimum Gasteiger partial charge on any atom is -0.497 e. The zero-order valence-electron chi connectivity index (χ0n) is 15.9. The molecular weight excluding hydrogens is 366 g/mol. The van der Waals surface area contributed by atoms with Gasteiger partial charge in [0.1, 0.15) is 22.8 Å². The van der Waals surface area contributed by atoms with E-state index in [0.717, 1.165) is 5.56 Å². The molecule has 0 aliphatic heterocycles.